The van der Waals surface area contributed by atoms with Crippen molar-refractivity contribution in [2.75, 3.05) is 5.32 Å². The summed E-state index contributed by atoms with van der Waals surface area (Å²) in [7, 11) is -3.25. The highest BCUT2D eigenvalue weighted by Crippen LogP contribution is 2.33. The number of carbonyl (C=O) groups excluding carboxylic acids is 1. The van der Waals surface area contributed by atoms with Crippen molar-refractivity contribution in [3.63, 3.8) is 0 Å². The Morgan fingerprint density at radius 2 is 1.96 bits per heavy atom. The molecule has 0 bridgehead atoms. The summed E-state index contributed by atoms with van der Waals surface area (Å²) in [6.45, 7) is 5.12. The fourth-order valence-electron chi connectivity index (χ4n) is 3.93. The van der Waals surface area contributed by atoms with Crippen LogP contribution < -0.4 is 10.6 Å². The Morgan fingerprint density at radius 3 is 2.65 bits per heavy atom. The molecule has 6 heteroatoms. The molecule has 2 aliphatic rings. The summed E-state index contributed by atoms with van der Waals surface area (Å²) in [4.78, 5) is 12.6. The quantitative estimate of drug-likeness (QED) is 0.843. The molecule has 1 aromatic carbocycles. The first kappa shape index (κ1) is 19.4. The normalized spacial score (nSPS) is 26.3. The number of carbonyl (C=O) groups is 1. The van der Waals surface area contributed by atoms with Gasteiger partial charge in [-0.25, -0.2) is 8.42 Å². The molecule has 1 aliphatic carbocycles. The number of rotatable bonds is 4. The van der Waals surface area contributed by atoms with Crippen LogP contribution in [0.2, 0.25) is 0 Å². The number of benzene rings is 1. The molecule has 1 amide bonds. The lowest BCUT2D eigenvalue weighted by Crippen LogP contribution is -2.39. The van der Waals surface area contributed by atoms with E-state index in [4.69, 9.17) is 0 Å². The van der Waals surface area contributed by atoms with E-state index in [0.717, 1.165) is 12.8 Å². The minimum atomic E-state index is -3.25. The molecule has 2 N–H and O–H groups in total. The molecule has 1 saturated heterocycles. The predicted octanol–water partition coefficient (Wildman–Crippen LogP) is 3.26. The maximum atomic E-state index is 12.6. The molecular weight excluding hydrogens is 348 g/mol. The Balaban J connectivity index is 1.65. The van der Waals surface area contributed by atoms with Crippen molar-refractivity contribution in [1.82, 2.24) is 5.32 Å². The number of anilines is 1. The molecule has 1 aliphatic heterocycles. The summed E-state index contributed by atoms with van der Waals surface area (Å²) >= 11 is 0. The van der Waals surface area contributed by atoms with Crippen LogP contribution in [0, 0.1) is 5.92 Å². The van der Waals surface area contributed by atoms with Gasteiger partial charge < -0.3 is 10.6 Å². The lowest BCUT2D eigenvalue weighted by molar-refractivity contribution is -0.117. The molecule has 0 radical (unpaired) electrons. The smallest absolute Gasteiger partial charge is 0.241 e. The Kier molecular flexibility index (Phi) is 5.45. The first-order chi connectivity index (χ1) is 12.2. The molecule has 3 rings (SSSR count). The zero-order valence-electron chi connectivity index (χ0n) is 15.9. The second kappa shape index (κ2) is 7.31. The third-order valence-corrected chi connectivity index (χ3v) is 8.24. The van der Waals surface area contributed by atoms with Crippen molar-refractivity contribution in [3.05, 3.63) is 29.8 Å². The zero-order chi connectivity index (χ0) is 18.9. The molecule has 1 saturated carbocycles. The van der Waals surface area contributed by atoms with Gasteiger partial charge in [0.15, 0.2) is 9.84 Å². The third-order valence-electron chi connectivity index (χ3n) is 5.66. The van der Waals surface area contributed by atoms with Gasteiger partial charge in [0.25, 0.3) is 0 Å². The van der Waals surface area contributed by atoms with E-state index in [-0.39, 0.29) is 17.7 Å². The van der Waals surface area contributed by atoms with Crippen molar-refractivity contribution in [2.24, 2.45) is 5.92 Å². The summed E-state index contributed by atoms with van der Waals surface area (Å²) in [5.74, 6) is 0.574. The number of nitrogens with one attached hydrogen (secondary N) is 2. The molecule has 144 valence electrons. The highest BCUT2D eigenvalue weighted by molar-refractivity contribution is 7.91. The average molecular weight is 379 g/mol. The van der Waals surface area contributed by atoms with E-state index < -0.39 is 14.6 Å². The second-order valence-electron chi connectivity index (χ2n) is 8.67. The van der Waals surface area contributed by atoms with Crippen LogP contribution in [0.25, 0.3) is 0 Å². The largest absolute Gasteiger partial charge is 0.325 e. The van der Waals surface area contributed by atoms with Gasteiger partial charge >= 0.3 is 0 Å². The van der Waals surface area contributed by atoms with Crippen LogP contribution in [0.15, 0.2) is 24.3 Å². The molecule has 0 spiro atoms. The maximum absolute atomic E-state index is 12.6. The number of fused-ring (bicyclic) bond motifs is 1. The van der Waals surface area contributed by atoms with Crippen molar-refractivity contribution in [1.29, 1.82) is 0 Å². The summed E-state index contributed by atoms with van der Waals surface area (Å²) in [5, 5.41) is 6.44. The summed E-state index contributed by atoms with van der Waals surface area (Å²) < 4.78 is 24.0. The number of sulfone groups is 1. The highest BCUT2D eigenvalue weighted by Gasteiger charge is 2.38. The van der Waals surface area contributed by atoms with E-state index in [2.05, 4.69) is 10.6 Å². The summed E-state index contributed by atoms with van der Waals surface area (Å²) in [5.41, 5.74) is 1.36. The van der Waals surface area contributed by atoms with Crippen LogP contribution in [-0.2, 0) is 20.4 Å². The molecule has 1 aromatic rings. The SMILES string of the molecule is CC(C)(C)S(=O)(=O)Cc1cccc(NC(=O)C2CC3CCCCC3N2)c1. The Hall–Kier alpha value is -1.40. The molecule has 1 heterocycles. The van der Waals surface area contributed by atoms with Gasteiger partial charge in [-0.15, -0.1) is 0 Å². The van der Waals surface area contributed by atoms with Crippen molar-refractivity contribution in [2.45, 2.75) is 75.5 Å². The Labute approximate surface area is 156 Å². The standard InChI is InChI=1S/C20H30N2O3S/c1-20(2,3)26(24,25)13-14-7-6-9-16(11-14)21-19(23)18-12-15-8-4-5-10-17(15)22-18/h6-7,9,11,15,17-18,22H,4-5,8,10,12-13H2,1-3H3,(H,21,23). The minimum absolute atomic E-state index is 0.0183. The van der Waals surface area contributed by atoms with Crippen molar-refractivity contribution >= 4 is 21.4 Å². The van der Waals surface area contributed by atoms with Gasteiger partial charge in [-0.3, -0.25) is 4.79 Å². The number of hydrogen-bond donors (Lipinski definition) is 2. The molecule has 3 unspecified atom stereocenters. The van der Waals surface area contributed by atoms with Crippen LogP contribution >= 0.6 is 0 Å². The average Bonchev–Trinajstić information content (AvgIpc) is 2.98. The second-order valence-corrected chi connectivity index (χ2v) is 11.4. The number of amides is 1. The fourth-order valence-corrected chi connectivity index (χ4v) is 4.98. The lowest BCUT2D eigenvalue weighted by Gasteiger charge is -2.24. The molecule has 26 heavy (non-hydrogen) atoms. The molecule has 2 fully saturated rings. The van der Waals surface area contributed by atoms with Crippen LogP contribution in [0.4, 0.5) is 5.69 Å². The van der Waals surface area contributed by atoms with Crippen LogP contribution in [0.5, 0.6) is 0 Å². The van der Waals surface area contributed by atoms with Crippen molar-refractivity contribution < 1.29 is 13.2 Å². The number of hydrogen-bond acceptors (Lipinski definition) is 4. The fraction of sp³-hybridized carbons (Fsp3) is 0.650. The van der Waals surface area contributed by atoms with E-state index in [0.29, 0.717) is 23.2 Å². The van der Waals surface area contributed by atoms with E-state index in [1.165, 1.54) is 19.3 Å². The summed E-state index contributed by atoms with van der Waals surface area (Å²) in [6.07, 6.45) is 5.78. The van der Waals surface area contributed by atoms with Gasteiger partial charge in [0.1, 0.15) is 0 Å². The minimum Gasteiger partial charge on any atom is -0.325 e. The molecular formula is C20H30N2O3S. The topological polar surface area (TPSA) is 75.3 Å². The van der Waals surface area contributed by atoms with E-state index in [9.17, 15) is 13.2 Å². The summed E-state index contributed by atoms with van der Waals surface area (Å²) in [6, 6.07) is 7.50. The maximum Gasteiger partial charge on any atom is 0.241 e. The molecule has 0 aromatic heterocycles. The highest BCUT2D eigenvalue weighted by atomic mass is 32.2. The lowest BCUT2D eigenvalue weighted by atomic mass is 9.85. The van der Waals surface area contributed by atoms with Gasteiger partial charge in [-0.05, 0) is 63.6 Å². The zero-order valence-corrected chi connectivity index (χ0v) is 16.7. The van der Waals surface area contributed by atoms with Gasteiger partial charge in [-0.1, -0.05) is 25.0 Å². The molecule has 3 atom stereocenters. The van der Waals surface area contributed by atoms with E-state index >= 15 is 0 Å². The monoisotopic (exact) mass is 378 g/mol. The van der Waals surface area contributed by atoms with Gasteiger partial charge in [0.05, 0.1) is 16.5 Å². The van der Waals surface area contributed by atoms with Gasteiger partial charge in [0, 0.05) is 11.7 Å². The van der Waals surface area contributed by atoms with Crippen molar-refractivity contribution in [3.8, 4) is 0 Å². The first-order valence-corrected chi connectivity index (χ1v) is 11.2. The Morgan fingerprint density at radius 1 is 1.23 bits per heavy atom. The third kappa shape index (κ3) is 4.29. The van der Waals surface area contributed by atoms with E-state index in [1.807, 2.05) is 6.07 Å². The predicted molar refractivity (Wildman–Crippen MR) is 105 cm³/mol. The van der Waals surface area contributed by atoms with Gasteiger partial charge in [0.2, 0.25) is 5.91 Å². The van der Waals surface area contributed by atoms with E-state index in [1.54, 1.807) is 39.0 Å². The Bertz CT molecular complexity index is 754. The van der Waals surface area contributed by atoms with Crippen LogP contribution in [-0.4, -0.2) is 31.2 Å². The van der Waals surface area contributed by atoms with Crippen LogP contribution in [0.1, 0.15) is 58.4 Å². The molecule has 5 nitrogen and oxygen atoms in total. The van der Waals surface area contributed by atoms with Crippen LogP contribution in [0.3, 0.4) is 0 Å². The first-order valence-electron chi connectivity index (χ1n) is 9.54. The van der Waals surface area contributed by atoms with Gasteiger partial charge in [-0.2, -0.15) is 0 Å².